The summed E-state index contributed by atoms with van der Waals surface area (Å²) in [4.78, 5) is 11.7. The average molecular weight is 231 g/mol. The van der Waals surface area contributed by atoms with Crippen molar-refractivity contribution in [3.05, 3.63) is 34.9 Å². The predicted molar refractivity (Wildman–Crippen MR) is 70.3 cm³/mol. The molecule has 0 saturated heterocycles. The maximum Gasteiger partial charge on any atom is 0.138 e. The maximum absolute atomic E-state index is 11.7. The molecule has 2 rings (SSSR count). The molecule has 1 aromatic rings. The van der Waals surface area contributed by atoms with Crippen LogP contribution in [0.3, 0.4) is 0 Å². The number of rotatable bonds is 6. The summed E-state index contributed by atoms with van der Waals surface area (Å²) in [7, 11) is 0. The molecular formula is C15H21NO. The number of ketones is 1. The lowest BCUT2D eigenvalue weighted by Gasteiger charge is -2.05. The molecule has 0 aliphatic heterocycles. The molecule has 2 heteroatoms. The second-order valence-corrected chi connectivity index (χ2v) is 4.78. The van der Waals surface area contributed by atoms with Crippen molar-refractivity contribution < 1.29 is 4.79 Å². The molecule has 0 spiro atoms. The highest BCUT2D eigenvalue weighted by molar-refractivity contribution is 5.81. The van der Waals surface area contributed by atoms with Crippen molar-refractivity contribution in [2.45, 2.75) is 39.0 Å². The van der Waals surface area contributed by atoms with E-state index in [1.807, 2.05) is 0 Å². The monoisotopic (exact) mass is 231 g/mol. The van der Waals surface area contributed by atoms with Gasteiger partial charge in [-0.15, -0.1) is 0 Å². The van der Waals surface area contributed by atoms with Gasteiger partial charge in [-0.05, 0) is 42.5 Å². The van der Waals surface area contributed by atoms with Crippen LogP contribution in [-0.4, -0.2) is 18.9 Å². The van der Waals surface area contributed by atoms with Crippen molar-refractivity contribution in [3.8, 4) is 0 Å². The minimum atomic E-state index is 0.337. The first-order valence-corrected chi connectivity index (χ1v) is 6.62. The van der Waals surface area contributed by atoms with Gasteiger partial charge in [0.25, 0.3) is 0 Å². The van der Waals surface area contributed by atoms with E-state index in [2.05, 4.69) is 30.4 Å². The Morgan fingerprint density at radius 1 is 1.29 bits per heavy atom. The highest BCUT2D eigenvalue weighted by atomic mass is 16.1. The highest BCUT2D eigenvalue weighted by Gasteiger charge is 2.11. The molecule has 0 bridgehead atoms. The van der Waals surface area contributed by atoms with Gasteiger partial charge in [0.2, 0.25) is 0 Å². The van der Waals surface area contributed by atoms with Crippen LogP contribution < -0.4 is 5.32 Å². The van der Waals surface area contributed by atoms with Gasteiger partial charge in [0.15, 0.2) is 0 Å². The highest BCUT2D eigenvalue weighted by Crippen LogP contribution is 2.23. The summed E-state index contributed by atoms with van der Waals surface area (Å²) in [6.45, 7) is 3.80. The molecule has 17 heavy (non-hydrogen) atoms. The third-order valence-corrected chi connectivity index (χ3v) is 3.39. The van der Waals surface area contributed by atoms with Crippen molar-refractivity contribution in [2.75, 3.05) is 13.1 Å². The standard InChI is InChI=1S/C15H21NO/c1-2-16-9-8-15(17)11-12-6-7-13-4-3-5-14(13)10-12/h6-7,10,16H,2-5,8-9,11H2,1H3. The van der Waals surface area contributed by atoms with E-state index in [0.29, 0.717) is 18.6 Å². The van der Waals surface area contributed by atoms with E-state index < -0.39 is 0 Å². The molecule has 92 valence electrons. The minimum absolute atomic E-state index is 0.337. The van der Waals surface area contributed by atoms with E-state index in [9.17, 15) is 4.79 Å². The number of Topliss-reactive ketones (excluding diaryl/α,β-unsaturated/α-hetero) is 1. The Kier molecular flexibility index (Phi) is 4.32. The fourth-order valence-electron chi connectivity index (χ4n) is 2.46. The largest absolute Gasteiger partial charge is 0.317 e. The van der Waals surface area contributed by atoms with Gasteiger partial charge < -0.3 is 5.32 Å². The summed E-state index contributed by atoms with van der Waals surface area (Å²) < 4.78 is 0. The number of benzene rings is 1. The lowest BCUT2D eigenvalue weighted by Crippen LogP contribution is -2.18. The first-order chi connectivity index (χ1) is 8.29. The summed E-state index contributed by atoms with van der Waals surface area (Å²) in [5.41, 5.74) is 4.13. The van der Waals surface area contributed by atoms with Crippen molar-refractivity contribution >= 4 is 5.78 Å². The molecule has 0 amide bonds. The molecule has 2 nitrogen and oxygen atoms in total. The van der Waals surface area contributed by atoms with Gasteiger partial charge in [-0.2, -0.15) is 0 Å². The Balaban J connectivity index is 1.88. The molecule has 0 unspecified atom stereocenters. The summed E-state index contributed by atoms with van der Waals surface area (Å²) in [5, 5.41) is 3.19. The van der Waals surface area contributed by atoms with Gasteiger partial charge in [0, 0.05) is 19.4 Å². The lowest BCUT2D eigenvalue weighted by molar-refractivity contribution is -0.118. The molecule has 1 aromatic carbocycles. The molecule has 0 heterocycles. The molecule has 1 N–H and O–H groups in total. The predicted octanol–water partition coefficient (Wildman–Crippen LogP) is 2.29. The van der Waals surface area contributed by atoms with Crippen LogP contribution in [0.25, 0.3) is 0 Å². The molecule has 0 fully saturated rings. The van der Waals surface area contributed by atoms with Gasteiger partial charge in [-0.3, -0.25) is 4.79 Å². The van der Waals surface area contributed by atoms with E-state index in [-0.39, 0.29) is 0 Å². The molecular weight excluding hydrogens is 210 g/mol. The molecule has 0 radical (unpaired) electrons. The normalized spacial score (nSPS) is 13.7. The Morgan fingerprint density at radius 3 is 2.94 bits per heavy atom. The molecule has 0 atom stereocenters. The van der Waals surface area contributed by atoms with E-state index in [4.69, 9.17) is 0 Å². The van der Waals surface area contributed by atoms with Crippen LogP contribution in [0.1, 0.15) is 36.5 Å². The minimum Gasteiger partial charge on any atom is -0.317 e. The molecule has 1 aliphatic carbocycles. The van der Waals surface area contributed by atoms with Gasteiger partial charge >= 0.3 is 0 Å². The third-order valence-electron chi connectivity index (χ3n) is 3.39. The van der Waals surface area contributed by atoms with Crippen molar-refractivity contribution in [2.24, 2.45) is 0 Å². The Labute approximate surface area is 103 Å². The molecule has 0 saturated carbocycles. The van der Waals surface area contributed by atoms with Crippen molar-refractivity contribution in [1.29, 1.82) is 0 Å². The van der Waals surface area contributed by atoms with Gasteiger partial charge in [-0.1, -0.05) is 25.1 Å². The van der Waals surface area contributed by atoms with E-state index in [0.717, 1.165) is 13.1 Å². The zero-order valence-corrected chi connectivity index (χ0v) is 10.6. The van der Waals surface area contributed by atoms with E-state index in [1.54, 1.807) is 0 Å². The number of hydrogen-bond acceptors (Lipinski definition) is 2. The summed E-state index contributed by atoms with van der Waals surface area (Å²) >= 11 is 0. The fraction of sp³-hybridized carbons (Fsp3) is 0.533. The summed E-state index contributed by atoms with van der Waals surface area (Å²) in [6.07, 6.45) is 4.91. The van der Waals surface area contributed by atoms with Crippen LogP contribution in [0.2, 0.25) is 0 Å². The van der Waals surface area contributed by atoms with Crippen LogP contribution >= 0.6 is 0 Å². The Morgan fingerprint density at radius 2 is 2.12 bits per heavy atom. The first kappa shape index (κ1) is 12.3. The summed E-state index contributed by atoms with van der Waals surface area (Å²) in [5.74, 6) is 0.337. The smallest absolute Gasteiger partial charge is 0.138 e. The van der Waals surface area contributed by atoms with Crippen LogP contribution in [0.15, 0.2) is 18.2 Å². The Hall–Kier alpha value is -1.15. The maximum atomic E-state index is 11.7. The van der Waals surface area contributed by atoms with Gasteiger partial charge in [0.1, 0.15) is 5.78 Å². The number of nitrogens with one attached hydrogen (secondary N) is 1. The lowest BCUT2D eigenvalue weighted by atomic mass is 10.0. The second kappa shape index (κ2) is 5.97. The Bertz CT molecular complexity index is 398. The van der Waals surface area contributed by atoms with Gasteiger partial charge in [0.05, 0.1) is 0 Å². The fourth-order valence-corrected chi connectivity index (χ4v) is 2.46. The zero-order chi connectivity index (χ0) is 12.1. The van der Waals surface area contributed by atoms with E-state index in [1.165, 1.54) is 36.0 Å². The van der Waals surface area contributed by atoms with Crippen LogP contribution in [0.5, 0.6) is 0 Å². The van der Waals surface area contributed by atoms with E-state index >= 15 is 0 Å². The average Bonchev–Trinajstić information content (AvgIpc) is 2.76. The number of aryl methyl sites for hydroxylation is 2. The van der Waals surface area contributed by atoms with Gasteiger partial charge in [-0.25, -0.2) is 0 Å². The number of hydrogen-bond donors (Lipinski definition) is 1. The second-order valence-electron chi connectivity index (χ2n) is 4.78. The SMILES string of the molecule is CCNCCC(=O)Cc1ccc2c(c1)CCC2. The number of fused-ring (bicyclic) bond motifs is 1. The van der Waals surface area contributed by atoms with Crippen LogP contribution in [0, 0.1) is 0 Å². The quantitative estimate of drug-likeness (QED) is 0.761. The van der Waals surface area contributed by atoms with Crippen molar-refractivity contribution in [1.82, 2.24) is 5.32 Å². The summed E-state index contributed by atoms with van der Waals surface area (Å²) in [6, 6.07) is 6.55. The van der Waals surface area contributed by atoms with Crippen LogP contribution in [0.4, 0.5) is 0 Å². The molecule has 1 aliphatic rings. The third kappa shape index (κ3) is 3.40. The first-order valence-electron chi connectivity index (χ1n) is 6.62. The number of carbonyl (C=O) groups is 1. The molecule has 0 aromatic heterocycles. The van der Waals surface area contributed by atoms with Crippen LogP contribution in [-0.2, 0) is 24.1 Å². The topological polar surface area (TPSA) is 29.1 Å². The van der Waals surface area contributed by atoms with Crippen molar-refractivity contribution in [3.63, 3.8) is 0 Å². The number of carbonyl (C=O) groups excluding carboxylic acids is 1. The zero-order valence-electron chi connectivity index (χ0n) is 10.6.